The lowest BCUT2D eigenvalue weighted by Gasteiger charge is -2.11. The first-order chi connectivity index (χ1) is 13.8. The predicted octanol–water partition coefficient (Wildman–Crippen LogP) is 2.06. The molecule has 2 aromatic rings. The van der Waals surface area contributed by atoms with Crippen LogP contribution in [0.4, 0.5) is 5.69 Å². The summed E-state index contributed by atoms with van der Waals surface area (Å²) < 4.78 is 36.1. The van der Waals surface area contributed by atoms with Crippen LogP contribution in [0.3, 0.4) is 0 Å². The van der Waals surface area contributed by atoms with Crippen molar-refractivity contribution < 1.29 is 27.5 Å². The average molecular weight is 437 g/mol. The van der Waals surface area contributed by atoms with Crippen LogP contribution < -0.4 is 14.8 Å². The van der Waals surface area contributed by atoms with Crippen molar-refractivity contribution in [1.29, 1.82) is 0 Å². The fourth-order valence-electron chi connectivity index (χ4n) is 2.17. The summed E-state index contributed by atoms with van der Waals surface area (Å²) in [5.74, 6) is 1.16. The molecule has 1 amide bonds. The van der Waals surface area contributed by atoms with Gasteiger partial charge in [-0.3, -0.25) is 4.79 Å². The van der Waals surface area contributed by atoms with Crippen molar-refractivity contribution in [3.05, 3.63) is 53.1 Å². The number of esters is 1. The second-order valence-electron chi connectivity index (χ2n) is 5.52. The molecule has 0 atom stereocenters. The maximum Gasteiger partial charge on any atom is 0.338 e. The number of carbonyl (C=O) groups is 2. The van der Waals surface area contributed by atoms with Crippen LogP contribution in [0.15, 0.2) is 47.4 Å². The number of terminal acetylenes is 1. The smallest absolute Gasteiger partial charge is 0.338 e. The third kappa shape index (κ3) is 6.22. The number of carbonyl (C=O) groups excluding carboxylic acids is 2. The highest BCUT2D eigenvalue weighted by Gasteiger charge is 2.16. The van der Waals surface area contributed by atoms with Crippen molar-refractivity contribution >= 4 is 39.2 Å². The Morgan fingerprint density at radius 1 is 1.17 bits per heavy atom. The minimum absolute atomic E-state index is 0.0601. The number of nitrogens with one attached hydrogen (secondary N) is 2. The molecular formula is C19H17ClN2O6S. The molecule has 8 nitrogen and oxygen atoms in total. The fourth-order valence-corrected chi connectivity index (χ4v) is 3.28. The maximum atomic E-state index is 12.1. The predicted molar refractivity (Wildman–Crippen MR) is 107 cm³/mol. The van der Waals surface area contributed by atoms with E-state index in [1.165, 1.54) is 37.4 Å². The lowest BCUT2D eigenvalue weighted by Crippen LogP contribution is -2.24. The van der Waals surface area contributed by atoms with E-state index in [1.54, 1.807) is 12.1 Å². The Morgan fingerprint density at radius 2 is 1.86 bits per heavy atom. The molecule has 152 valence electrons. The monoisotopic (exact) mass is 436 g/mol. The molecule has 0 radical (unpaired) electrons. The summed E-state index contributed by atoms with van der Waals surface area (Å²) in [4.78, 5) is 24.0. The van der Waals surface area contributed by atoms with Crippen molar-refractivity contribution in [1.82, 2.24) is 4.72 Å². The average Bonchev–Trinajstić information content (AvgIpc) is 2.71. The highest BCUT2D eigenvalue weighted by molar-refractivity contribution is 7.89. The SMILES string of the molecule is C#CCNS(=O)(=O)c1ccc(C(=O)OCC(=O)Nc2cc(Cl)ccc2OC)cc1. The molecule has 0 aromatic heterocycles. The van der Waals surface area contributed by atoms with E-state index in [2.05, 4.69) is 16.0 Å². The summed E-state index contributed by atoms with van der Waals surface area (Å²) in [7, 11) is -2.33. The molecule has 0 aliphatic carbocycles. The number of amides is 1. The van der Waals surface area contributed by atoms with E-state index in [4.69, 9.17) is 27.5 Å². The molecule has 2 rings (SSSR count). The molecule has 0 aliphatic rings. The standard InChI is InChI=1S/C19H17ClN2O6S/c1-3-10-21-29(25,26)15-7-4-13(5-8-15)19(24)28-12-18(23)22-16-11-14(20)6-9-17(16)27-2/h1,4-9,11,21H,10,12H2,2H3,(H,22,23). The summed E-state index contributed by atoms with van der Waals surface area (Å²) in [5, 5.41) is 2.92. The normalized spacial score (nSPS) is 10.7. The van der Waals surface area contributed by atoms with Crippen molar-refractivity contribution in [3.8, 4) is 18.1 Å². The van der Waals surface area contributed by atoms with Crippen LogP contribution in [0, 0.1) is 12.3 Å². The van der Waals surface area contributed by atoms with Crippen molar-refractivity contribution in [2.45, 2.75) is 4.90 Å². The molecule has 0 aliphatic heterocycles. The number of ether oxygens (including phenoxy) is 2. The molecule has 0 saturated heterocycles. The zero-order valence-corrected chi connectivity index (χ0v) is 16.8. The van der Waals surface area contributed by atoms with E-state index in [0.29, 0.717) is 16.5 Å². The molecule has 0 saturated carbocycles. The van der Waals surface area contributed by atoms with Gasteiger partial charge in [-0.2, -0.15) is 4.72 Å². The highest BCUT2D eigenvalue weighted by atomic mass is 35.5. The zero-order valence-electron chi connectivity index (χ0n) is 15.3. The second-order valence-corrected chi connectivity index (χ2v) is 7.73. The van der Waals surface area contributed by atoms with Crippen LogP contribution in [-0.4, -0.2) is 40.6 Å². The molecule has 0 fully saturated rings. The van der Waals surface area contributed by atoms with Crippen molar-refractivity contribution in [3.63, 3.8) is 0 Å². The molecule has 0 unspecified atom stereocenters. The third-order valence-electron chi connectivity index (χ3n) is 3.53. The quantitative estimate of drug-likeness (QED) is 0.484. The summed E-state index contributed by atoms with van der Waals surface area (Å²) in [6.07, 6.45) is 5.02. The summed E-state index contributed by atoms with van der Waals surface area (Å²) in [5.41, 5.74) is 0.407. The lowest BCUT2D eigenvalue weighted by molar-refractivity contribution is -0.119. The van der Waals surface area contributed by atoms with Crippen LogP contribution >= 0.6 is 11.6 Å². The number of hydrogen-bond donors (Lipinski definition) is 2. The van der Waals surface area contributed by atoms with Gasteiger partial charge >= 0.3 is 5.97 Å². The van der Waals surface area contributed by atoms with E-state index in [0.717, 1.165) is 0 Å². The van der Waals surface area contributed by atoms with E-state index >= 15 is 0 Å². The number of sulfonamides is 1. The number of rotatable bonds is 8. The van der Waals surface area contributed by atoms with Crippen LogP contribution in [0.1, 0.15) is 10.4 Å². The summed E-state index contributed by atoms with van der Waals surface area (Å²) >= 11 is 5.89. The van der Waals surface area contributed by atoms with Crippen molar-refractivity contribution in [2.75, 3.05) is 25.6 Å². The zero-order chi connectivity index (χ0) is 21.4. The largest absolute Gasteiger partial charge is 0.495 e. The van der Waals surface area contributed by atoms with Gasteiger partial charge in [0.15, 0.2) is 6.61 Å². The van der Waals surface area contributed by atoms with E-state index in [9.17, 15) is 18.0 Å². The van der Waals surface area contributed by atoms with Gasteiger partial charge in [-0.25, -0.2) is 13.2 Å². The molecule has 0 spiro atoms. The Balaban J connectivity index is 1.96. The number of anilines is 1. The van der Waals surface area contributed by atoms with Crippen LogP contribution in [0.25, 0.3) is 0 Å². The minimum atomic E-state index is -3.77. The maximum absolute atomic E-state index is 12.1. The van der Waals surface area contributed by atoms with E-state index in [1.807, 2.05) is 0 Å². The molecule has 0 heterocycles. The Bertz CT molecular complexity index is 1050. The van der Waals surface area contributed by atoms with Gasteiger partial charge in [0.05, 0.1) is 29.8 Å². The van der Waals surface area contributed by atoms with E-state index < -0.39 is 28.5 Å². The molecular weight excluding hydrogens is 420 g/mol. The molecule has 0 bridgehead atoms. The van der Waals surface area contributed by atoms with Gasteiger partial charge in [0.25, 0.3) is 5.91 Å². The lowest BCUT2D eigenvalue weighted by atomic mass is 10.2. The molecule has 29 heavy (non-hydrogen) atoms. The number of hydrogen-bond acceptors (Lipinski definition) is 6. The Hall–Kier alpha value is -3.06. The van der Waals surface area contributed by atoms with Gasteiger partial charge in [0.2, 0.25) is 10.0 Å². The van der Waals surface area contributed by atoms with Crippen LogP contribution in [0.5, 0.6) is 5.75 Å². The first-order valence-corrected chi connectivity index (χ1v) is 9.96. The number of methoxy groups -OCH3 is 1. The Labute approximate surface area is 173 Å². The van der Waals surface area contributed by atoms with Gasteiger partial charge in [0, 0.05) is 5.02 Å². The second kappa shape index (κ2) is 9.93. The number of benzene rings is 2. The van der Waals surface area contributed by atoms with Crippen molar-refractivity contribution in [2.24, 2.45) is 0 Å². The third-order valence-corrected chi connectivity index (χ3v) is 5.19. The summed E-state index contributed by atoms with van der Waals surface area (Å²) in [6.45, 7) is -0.711. The summed E-state index contributed by atoms with van der Waals surface area (Å²) in [6, 6.07) is 9.67. The van der Waals surface area contributed by atoms with Gasteiger partial charge in [-0.15, -0.1) is 6.42 Å². The van der Waals surface area contributed by atoms with Gasteiger partial charge < -0.3 is 14.8 Å². The van der Waals surface area contributed by atoms with Gasteiger partial charge in [-0.05, 0) is 42.5 Å². The molecule has 2 aromatic carbocycles. The van der Waals surface area contributed by atoms with E-state index in [-0.39, 0.29) is 17.0 Å². The molecule has 2 N–H and O–H groups in total. The minimum Gasteiger partial charge on any atom is -0.495 e. The number of halogens is 1. The Kier molecular flexibility index (Phi) is 7.61. The Morgan fingerprint density at radius 3 is 2.48 bits per heavy atom. The molecule has 10 heteroatoms. The van der Waals surface area contributed by atoms with Gasteiger partial charge in [0.1, 0.15) is 5.75 Å². The topological polar surface area (TPSA) is 111 Å². The first-order valence-electron chi connectivity index (χ1n) is 8.10. The highest BCUT2D eigenvalue weighted by Crippen LogP contribution is 2.27. The first kappa shape index (κ1) is 22.2. The van der Waals surface area contributed by atoms with Gasteiger partial charge in [-0.1, -0.05) is 17.5 Å². The fraction of sp³-hybridized carbons (Fsp3) is 0.158. The van der Waals surface area contributed by atoms with Crippen LogP contribution in [-0.2, 0) is 19.6 Å². The van der Waals surface area contributed by atoms with Crippen LogP contribution in [0.2, 0.25) is 5.02 Å².